The van der Waals surface area contributed by atoms with Gasteiger partial charge in [0.25, 0.3) is 5.56 Å². The minimum atomic E-state index is -0.0136. The third-order valence-electron chi connectivity index (χ3n) is 5.04. The molecule has 3 heterocycles. The molecule has 5 nitrogen and oxygen atoms in total. The fourth-order valence-corrected chi connectivity index (χ4v) is 3.57. The van der Waals surface area contributed by atoms with Crippen LogP contribution in [0.3, 0.4) is 0 Å². The lowest BCUT2D eigenvalue weighted by atomic mass is 10.0. The van der Waals surface area contributed by atoms with E-state index in [1.165, 1.54) is 0 Å². The number of hydrogen-bond acceptors (Lipinski definition) is 4. The van der Waals surface area contributed by atoms with Crippen LogP contribution in [0.1, 0.15) is 31.9 Å². The number of hydrogen-bond donors (Lipinski definition) is 1. The van der Waals surface area contributed by atoms with E-state index >= 15 is 0 Å². The number of rotatable bonds is 6. The predicted molar refractivity (Wildman–Crippen MR) is 107 cm³/mol. The topological polar surface area (TPSA) is 55.6 Å². The predicted octanol–water partition coefficient (Wildman–Crippen LogP) is 3.44. The Balaban J connectivity index is 1.72. The highest BCUT2D eigenvalue weighted by molar-refractivity contribution is 5.67. The lowest BCUT2D eigenvalue weighted by molar-refractivity contribution is 0.223. The Kier molecular flexibility index (Phi) is 5.21. The van der Waals surface area contributed by atoms with Gasteiger partial charge >= 0.3 is 0 Å². The molecular formula is C22H25N3O2. The van der Waals surface area contributed by atoms with Gasteiger partial charge in [0.15, 0.2) is 0 Å². The molecular weight excluding hydrogens is 338 g/mol. The molecule has 3 aromatic rings. The average molecular weight is 363 g/mol. The highest BCUT2D eigenvalue weighted by atomic mass is 16.5. The molecule has 1 aromatic carbocycles. The van der Waals surface area contributed by atoms with Gasteiger partial charge in [0.2, 0.25) is 0 Å². The number of unbranched alkanes of at least 4 members (excludes halogenated alkanes) is 1. The van der Waals surface area contributed by atoms with Crippen LogP contribution in [0, 0.1) is 0 Å². The normalized spacial score (nSPS) is 16.7. The fourth-order valence-electron chi connectivity index (χ4n) is 3.57. The van der Waals surface area contributed by atoms with E-state index in [9.17, 15) is 4.79 Å². The Morgan fingerprint density at radius 2 is 2.07 bits per heavy atom. The average Bonchev–Trinajstić information content (AvgIpc) is 3.20. The Hall–Kier alpha value is -2.66. The minimum absolute atomic E-state index is 0.0136. The molecule has 1 fully saturated rings. The van der Waals surface area contributed by atoms with Gasteiger partial charge in [0.05, 0.1) is 11.3 Å². The van der Waals surface area contributed by atoms with Crippen LogP contribution in [0.5, 0.6) is 5.75 Å². The molecule has 0 bridgehead atoms. The highest BCUT2D eigenvalue weighted by Gasteiger charge is 2.17. The van der Waals surface area contributed by atoms with E-state index in [4.69, 9.17) is 9.72 Å². The van der Waals surface area contributed by atoms with Crippen molar-refractivity contribution < 1.29 is 4.74 Å². The van der Waals surface area contributed by atoms with Crippen molar-refractivity contribution >= 4 is 5.65 Å². The third kappa shape index (κ3) is 3.74. The van der Waals surface area contributed by atoms with Crippen LogP contribution < -0.4 is 15.6 Å². The van der Waals surface area contributed by atoms with Crippen molar-refractivity contribution in [3.8, 4) is 16.9 Å². The highest BCUT2D eigenvalue weighted by Crippen LogP contribution is 2.25. The van der Waals surface area contributed by atoms with E-state index in [0.717, 1.165) is 55.8 Å². The lowest BCUT2D eigenvalue weighted by Crippen LogP contribution is -2.20. The standard InChI is InChI=1S/C22H25N3O2/c1-2-3-6-19-21(22(26)25-14-5-4-7-20(25)24-19)16-8-10-17(11-9-16)27-18-12-13-23-15-18/h4-5,7-11,14,18,23H,2-3,6,12-13,15H2,1H3. The van der Waals surface area contributed by atoms with Crippen LogP contribution in [0.4, 0.5) is 0 Å². The summed E-state index contributed by atoms with van der Waals surface area (Å²) in [7, 11) is 0. The SMILES string of the molecule is CCCCc1nc2ccccn2c(=O)c1-c1ccc(OC2CCNC2)cc1. The second-order valence-electron chi connectivity index (χ2n) is 7.03. The van der Waals surface area contributed by atoms with Crippen molar-refractivity contribution in [1.82, 2.24) is 14.7 Å². The van der Waals surface area contributed by atoms with Crippen LogP contribution in [-0.2, 0) is 6.42 Å². The number of ether oxygens (including phenoxy) is 1. The van der Waals surface area contributed by atoms with E-state index in [-0.39, 0.29) is 11.7 Å². The minimum Gasteiger partial charge on any atom is -0.489 e. The molecule has 5 heteroatoms. The Bertz CT molecular complexity index is 973. The molecule has 1 N–H and O–H groups in total. The van der Waals surface area contributed by atoms with Crippen molar-refractivity contribution in [3.63, 3.8) is 0 Å². The molecule has 0 aliphatic carbocycles. The van der Waals surface area contributed by atoms with E-state index in [1.54, 1.807) is 10.6 Å². The molecule has 0 spiro atoms. The van der Waals surface area contributed by atoms with Crippen molar-refractivity contribution in [2.75, 3.05) is 13.1 Å². The van der Waals surface area contributed by atoms with Gasteiger partial charge in [-0.1, -0.05) is 31.5 Å². The first-order valence-corrected chi connectivity index (χ1v) is 9.74. The maximum Gasteiger partial charge on any atom is 0.265 e. The molecule has 1 unspecified atom stereocenters. The monoisotopic (exact) mass is 363 g/mol. The van der Waals surface area contributed by atoms with Gasteiger partial charge in [-0.05, 0) is 55.6 Å². The Labute approximate surface area is 159 Å². The maximum absolute atomic E-state index is 13.2. The fraction of sp³-hybridized carbons (Fsp3) is 0.364. The Morgan fingerprint density at radius 3 is 2.81 bits per heavy atom. The number of aryl methyl sites for hydroxylation is 1. The smallest absolute Gasteiger partial charge is 0.265 e. The summed E-state index contributed by atoms with van der Waals surface area (Å²) in [5.74, 6) is 0.844. The first-order chi connectivity index (χ1) is 13.3. The van der Waals surface area contributed by atoms with Crippen LogP contribution in [0.25, 0.3) is 16.8 Å². The summed E-state index contributed by atoms with van der Waals surface area (Å²) in [6, 6.07) is 13.5. The zero-order chi connectivity index (χ0) is 18.6. The van der Waals surface area contributed by atoms with Crippen molar-refractivity contribution in [1.29, 1.82) is 0 Å². The summed E-state index contributed by atoms with van der Waals surface area (Å²) in [5.41, 5.74) is 3.16. The van der Waals surface area contributed by atoms with Gasteiger partial charge in [0, 0.05) is 12.7 Å². The number of fused-ring (bicyclic) bond motifs is 1. The van der Waals surface area contributed by atoms with Gasteiger partial charge in [-0.3, -0.25) is 9.20 Å². The van der Waals surface area contributed by atoms with Crippen molar-refractivity contribution in [2.24, 2.45) is 0 Å². The van der Waals surface area contributed by atoms with Gasteiger partial charge in [-0.15, -0.1) is 0 Å². The number of aromatic nitrogens is 2. The van der Waals surface area contributed by atoms with Crippen molar-refractivity contribution in [2.45, 2.75) is 38.7 Å². The largest absolute Gasteiger partial charge is 0.489 e. The maximum atomic E-state index is 13.2. The summed E-state index contributed by atoms with van der Waals surface area (Å²) in [5, 5.41) is 3.30. The molecule has 1 saturated heterocycles. The van der Waals surface area contributed by atoms with E-state index in [1.807, 2.05) is 42.5 Å². The number of benzene rings is 1. The quantitative estimate of drug-likeness (QED) is 0.729. The molecule has 0 radical (unpaired) electrons. The van der Waals surface area contributed by atoms with Gasteiger partial charge < -0.3 is 10.1 Å². The van der Waals surface area contributed by atoms with Gasteiger partial charge in [-0.25, -0.2) is 4.98 Å². The van der Waals surface area contributed by atoms with E-state index < -0.39 is 0 Å². The molecule has 1 aliphatic heterocycles. The zero-order valence-electron chi connectivity index (χ0n) is 15.6. The van der Waals surface area contributed by atoms with Crippen LogP contribution in [0.2, 0.25) is 0 Å². The number of nitrogens with one attached hydrogen (secondary N) is 1. The molecule has 0 saturated carbocycles. The van der Waals surface area contributed by atoms with E-state index in [0.29, 0.717) is 11.2 Å². The first kappa shape index (κ1) is 17.7. The second kappa shape index (κ2) is 7.92. The molecule has 4 rings (SSSR count). The number of pyridine rings is 1. The van der Waals surface area contributed by atoms with E-state index in [2.05, 4.69) is 12.2 Å². The van der Waals surface area contributed by atoms with Crippen LogP contribution in [0.15, 0.2) is 53.5 Å². The third-order valence-corrected chi connectivity index (χ3v) is 5.04. The van der Waals surface area contributed by atoms with Crippen LogP contribution >= 0.6 is 0 Å². The molecule has 2 aromatic heterocycles. The molecule has 1 aliphatic rings. The second-order valence-corrected chi connectivity index (χ2v) is 7.03. The van der Waals surface area contributed by atoms with Gasteiger partial charge in [-0.2, -0.15) is 0 Å². The summed E-state index contributed by atoms with van der Waals surface area (Å²) in [6.45, 7) is 4.04. The van der Waals surface area contributed by atoms with Crippen molar-refractivity contribution in [3.05, 3.63) is 64.7 Å². The number of nitrogens with zero attached hydrogens (tertiary/aromatic N) is 2. The lowest BCUT2D eigenvalue weighted by Gasteiger charge is -2.14. The molecule has 140 valence electrons. The van der Waals surface area contributed by atoms with Crippen LogP contribution in [-0.4, -0.2) is 28.6 Å². The zero-order valence-corrected chi connectivity index (χ0v) is 15.6. The van der Waals surface area contributed by atoms with Gasteiger partial charge in [0.1, 0.15) is 17.5 Å². The molecule has 1 atom stereocenters. The first-order valence-electron chi connectivity index (χ1n) is 9.74. The molecule has 0 amide bonds. The summed E-state index contributed by atoms with van der Waals surface area (Å²) < 4.78 is 7.62. The molecule has 27 heavy (non-hydrogen) atoms. The summed E-state index contributed by atoms with van der Waals surface area (Å²) in [4.78, 5) is 17.9. The summed E-state index contributed by atoms with van der Waals surface area (Å²) in [6.07, 6.45) is 5.92. The Morgan fingerprint density at radius 1 is 1.22 bits per heavy atom. The summed E-state index contributed by atoms with van der Waals surface area (Å²) >= 11 is 0.